The molecule has 0 aromatic rings. The molecular weight excluding hydrogens is 215 g/mol. The molecule has 0 aliphatic heterocycles. The van der Waals surface area contributed by atoms with Gasteiger partial charge in [0.1, 0.15) is 0 Å². The summed E-state index contributed by atoms with van der Waals surface area (Å²) in [5, 5.41) is 0. The summed E-state index contributed by atoms with van der Waals surface area (Å²) >= 11 is 0. The van der Waals surface area contributed by atoms with Crippen molar-refractivity contribution in [2.45, 2.75) is 85.8 Å². The first-order valence-corrected chi connectivity index (χ1v) is 8.08. The first-order chi connectivity index (χ1) is 8.41. The van der Waals surface area contributed by atoms with Gasteiger partial charge in [-0.15, -0.1) is 5.98 Å². The van der Waals surface area contributed by atoms with Crippen LogP contribution in [0, 0.1) is 11.8 Å². The smallest absolute Gasteiger partial charge is 0.118 e. The zero-order chi connectivity index (χ0) is 14.1. The molecule has 0 aliphatic carbocycles. The minimum Gasteiger partial charge on any atom is -0.118 e. The van der Waals surface area contributed by atoms with Crippen molar-refractivity contribution in [3.05, 3.63) is 12.1 Å². The molecule has 1 heteroatoms. The predicted molar refractivity (Wildman–Crippen MR) is 87.6 cm³/mol. The maximum atomic E-state index is 2.52. The molecule has 0 saturated heterocycles. The highest BCUT2D eigenvalue weighted by Gasteiger charge is 2.28. The Morgan fingerprint density at radius 2 is 1.33 bits per heavy atom. The van der Waals surface area contributed by atoms with Gasteiger partial charge in [-0.2, -0.15) is 0 Å². The van der Waals surface area contributed by atoms with Gasteiger partial charge in [0.05, 0.1) is 0 Å². The third kappa shape index (κ3) is 6.66. The second-order valence-electron chi connectivity index (χ2n) is 6.71. The molecule has 0 N–H and O–H groups in total. The lowest BCUT2D eigenvalue weighted by atomic mass is 9.31. The summed E-state index contributed by atoms with van der Waals surface area (Å²) < 4.78 is 0. The topological polar surface area (TPSA) is 0 Å². The standard InChI is InChI=1S/C17H35B/c1-8-9-10-11-12-13-18(16(6)14(2)3)17(7)15(4)5/h12-17H,8-11H2,1-7H3/b13-12+. The van der Waals surface area contributed by atoms with Crippen LogP contribution in [0.3, 0.4) is 0 Å². The van der Waals surface area contributed by atoms with Crippen molar-refractivity contribution in [2.24, 2.45) is 11.8 Å². The van der Waals surface area contributed by atoms with Gasteiger partial charge >= 0.3 is 0 Å². The van der Waals surface area contributed by atoms with Crippen LogP contribution in [0.1, 0.15) is 74.1 Å². The minimum atomic E-state index is 0.742. The maximum absolute atomic E-state index is 2.52. The summed E-state index contributed by atoms with van der Waals surface area (Å²) in [6.07, 6.45) is 7.75. The highest BCUT2D eigenvalue weighted by atomic mass is 14.1. The maximum Gasteiger partial charge on any atom is 0.172 e. The molecule has 0 aromatic heterocycles. The molecule has 0 aliphatic rings. The summed E-state index contributed by atoms with van der Waals surface area (Å²) in [6.45, 7) is 17.3. The number of allylic oxidation sites excluding steroid dienone is 1. The molecule has 2 atom stereocenters. The fourth-order valence-corrected chi connectivity index (χ4v) is 2.48. The van der Waals surface area contributed by atoms with E-state index in [1.165, 1.54) is 25.7 Å². The fraction of sp³-hybridized carbons (Fsp3) is 0.882. The minimum absolute atomic E-state index is 0.742. The highest BCUT2D eigenvalue weighted by Crippen LogP contribution is 2.33. The Kier molecular flexibility index (Phi) is 9.59. The zero-order valence-corrected chi connectivity index (χ0v) is 13.9. The molecule has 18 heavy (non-hydrogen) atoms. The Labute approximate surface area is 117 Å². The Morgan fingerprint density at radius 3 is 1.72 bits per heavy atom. The molecule has 0 fully saturated rings. The van der Waals surface area contributed by atoms with Crippen LogP contribution < -0.4 is 0 Å². The van der Waals surface area contributed by atoms with Gasteiger partial charge in [0.25, 0.3) is 0 Å². The monoisotopic (exact) mass is 250 g/mol. The molecular formula is C17H35B. The normalized spacial score (nSPS) is 15.6. The lowest BCUT2D eigenvalue weighted by Crippen LogP contribution is -2.28. The van der Waals surface area contributed by atoms with E-state index in [1.807, 2.05) is 0 Å². The Morgan fingerprint density at radius 1 is 0.833 bits per heavy atom. The van der Waals surface area contributed by atoms with Gasteiger partial charge < -0.3 is 0 Å². The van der Waals surface area contributed by atoms with Crippen molar-refractivity contribution in [3.63, 3.8) is 0 Å². The number of hydrogen-bond donors (Lipinski definition) is 0. The van der Waals surface area contributed by atoms with Crippen LogP contribution in [0.25, 0.3) is 0 Å². The van der Waals surface area contributed by atoms with Crippen LogP contribution in [0.15, 0.2) is 12.1 Å². The van der Waals surface area contributed by atoms with E-state index in [2.05, 4.69) is 60.5 Å². The van der Waals surface area contributed by atoms with Gasteiger partial charge in [-0.3, -0.25) is 0 Å². The first kappa shape index (κ1) is 17.8. The summed E-state index contributed by atoms with van der Waals surface area (Å²) in [7, 11) is 0. The summed E-state index contributed by atoms with van der Waals surface area (Å²) in [4.78, 5) is 0. The number of unbranched alkanes of at least 4 members (excludes halogenated alkanes) is 3. The van der Waals surface area contributed by atoms with Crippen molar-refractivity contribution >= 4 is 6.71 Å². The lowest BCUT2D eigenvalue weighted by Gasteiger charge is -2.29. The number of rotatable bonds is 9. The third-order valence-corrected chi connectivity index (χ3v) is 4.65. The molecule has 0 radical (unpaired) electrons. The summed E-state index contributed by atoms with van der Waals surface area (Å²) in [6, 6.07) is 0. The van der Waals surface area contributed by atoms with E-state index in [0.29, 0.717) is 0 Å². The second-order valence-corrected chi connectivity index (χ2v) is 6.71. The fourth-order valence-electron chi connectivity index (χ4n) is 2.48. The zero-order valence-electron chi connectivity index (χ0n) is 13.9. The van der Waals surface area contributed by atoms with E-state index in [1.54, 1.807) is 0 Å². The quantitative estimate of drug-likeness (QED) is 0.335. The van der Waals surface area contributed by atoms with Gasteiger partial charge in [-0.05, 0) is 12.8 Å². The molecule has 0 amide bonds. The van der Waals surface area contributed by atoms with E-state index in [4.69, 9.17) is 0 Å². The molecule has 0 spiro atoms. The highest BCUT2D eigenvalue weighted by molar-refractivity contribution is 6.67. The average molecular weight is 250 g/mol. The van der Waals surface area contributed by atoms with Crippen LogP contribution >= 0.6 is 0 Å². The molecule has 0 rings (SSSR count). The van der Waals surface area contributed by atoms with Crippen molar-refractivity contribution in [1.82, 2.24) is 0 Å². The summed E-state index contributed by atoms with van der Waals surface area (Å²) in [5.74, 6) is 5.63. The van der Waals surface area contributed by atoms with Crippen molar-refractivity contribution in [3.8, 4) is 0 Å². The molecule has 0 aromatic carbocycles. The van der Waals surface area contributed by atoms with Crippen LogP contribution in [-0.4, -0.2) is 6.71 Å². The summed E-state index contributed by atoms with van der Waals surface area (Å²) in [5.41, 5.74) is 0. The van der Waals surface area contributed by atoms with Crippen LogP contribution in [-0.2, 0) is 0 Å². The third-order valence-electron chi connectivity index (χ3n) is 4.65. The first-order valence-electron chi connectivity index (χ1n) is 8.08. The van der Waals surface area contributed by atoms with Gasteiger partial charge in [0, 0.05) is 0 Å². The van der Waals surface area contributed by atoms with Gasteiger partial charge in [-0.1, -0.05) is 90.9 Å². The van der Waals surface area contributed by atoms with E-state index in [0.717, 1.165) is 30.2 Å². The van der Waals surface area contributed by atoms with Gasteiger partial charge in [-0.25, -0.2) is 0 Å². The van der Waals surface area contributed by atoms with Crippen LogP contribution in [0.4, 0.5) is 0 Å². The van der Waals surface area contributed by atoms with E-state index in [-0.39, 0.29) is 0 Å². The van der Waals surface area contributed by atoms with Gasteiger partial charge in [0.2, 0.25) is 0 Å². The molecule has 0 nitrogen and oxygen atoms in total. The SMILES string of the molecule is CCCCC/C=C/B(C(C)C(C)C)C(C)C(C)C. The molecule has 0 bridgehead atoms. The van der Waals surface area contributed by atoms with E-state index < -0.39 is 0 Å². The van der Waals surface area contributed by atoms with Crippen molar-refractivity contribution in [1.29, 1.82) is 0 Å². The second kappa shape index (κ2) is 9.70. The molecule has 0 saturated carbocycles. The van der Waals surface area contributed by atoms with Crippen LogP contribution in [0.5, 0.6) is 0 Å². The number of hydrogen-bond acceptors (Lipinski definition) is 0. The van der Waals surface area contributed by atoms with E-state index in [9.17, 15) is 0 Å². The molecule has 106 valence electrons. The van der Waals surface area contributed by atoms with Crippen molar-refractivity contribution < 1.29 is 0 Å². The largest absolute Gasteiger partial charge is 0.172 e. The molecule has 2 unspecified atom stereocenters. The Hall–Kier alpha value is -0.195. The Bertz CT molecular complexity index is 204. The molecule has 0 heterocycles. The predicted octanol–water partition coefficient (Wildman–Crippen LogP) is 6.25. The lowest BCUT2D eigenvalue weighted by molar-refractivity contribution is 0.566. The average Bonchev–Trinajstić information content (AvgIpc) is 2.32. The Balaban J connectivity index is 4.47. The van der Waals surface area contributed by atoms with Gasteiger partial charge in [0.15, 0.2) is 6.71 Å². The van der Waals surface area contributed by atoms with Crippen molar-refractivity contribution in [2.75, 3.05) is 0 Å². The van der Waals surface area contributed by atoms with Crippen LogP contribution in [0.2, 0.25) is 11.6 Å². The van der Waals surface area contributed by atoms with E-state index >= 15 is 0 Å².